The molecule has 47 heavy (non-hydrogen) atoms. The average molecular weight is 605 g/mol. The highest BCUT2D eigenvalue weighted by molar-refractivity contribution is 6.09. The second-order valence-corrected chi connectivity index (χ2v) is 12.0. The number of hydrogen-bond donors (Lipinski definition) is 0. The molecule has 2 aromatic heterocycles. The maximum Gasteiger partial charge on any atom is 0.0704 e. The number of aromatic nitrogens is 2. The van der Waals surface area contributed by atoms with E-state index >= 15 is 0 Å². The average Bonchev–Trinajstić information content (AvgIpc) is 3.12. The summed E-state index contributed by atoms with van der Waals surface area (Å²) in [5, 5.41) is 2.43. The first-order chi connectivity index (χ1) is 23.1. The van der Waals surface area contributed by atoms with Crippen molar-refractivity contribution < 1.29 is 0 Å². The summed E-state index contributed by atoms with van der Waals surface area (Å²) in [5.74, 6) is 0. The fourth-order valence-electron chi connectivity index (χ4n) is 6.24. The molecule has 0 saturated carbocycles. The van der Waals surface area contributed by atoms with E-state index in [1.807, 2.05) is 31.5 Å². The van der Waals surface area contributed by atoms with Crippen LogP contribution in [0.2, 0.25) is 0 Å². The van der Waals surface area contributed by atoms with Gasteiger partial charge in [-0.05, 0) is 118 Å². The zero-order valence-corrected chi connectivity index (χ0v) is 27.0. The van der Waals surface area contributed by atoms with Gasteiger partial charge in [0.15, 0.2) is 0 Å². The van der Waals surface area contributed by atoms with Crippen LogP contribution in [0, 0.1) is 13.8 Å². The topological polar surface area (TPSA) is 25.8 Å². The van der Waals surface area contributed by atoms with E-state index in [-0.39, 0.29) is 0 Å². The molecule has 226 valence electrons. The van der Waals surface area contributed by atoms with Gasteiger partial charge in [-0.15, -0.1) is 0 Å². The molecule has 0 spiro atoms. The summed E-state index contributed by atoms with van der Waals surface area (Å²) in [6.45, 7) is 6.26. The van der Waals surface area contributed by atoms with E-state index in [1.54, 1.807) is 0 Å². The molecule has 7 rings (SSSR count). The third kappa shape index (κ3) is 6.32. The molecule has 7 aromatic rings. The molecule has 0 amide bonds. The van der Waals surface area contributed by atoms with Crippen molar-refractivity contribution >= 4 is 16.8 Å². The highest BCUT2D eigenvalue weighted by Crippen LogP contribution is 2.42. The molecule has 2 heteroatoms. The van der Waals surface area contributed by atoms with Gasteiger partial charge in [0.1, 0.15) is 0 Å². The van der Waals surface area contributed by atoms with E-state index < -0.39 is 0 Å². The van der Waals surface area contributed by atoms with Gasteiger partial charge in [-0.2, -0.15) is 0 Å². The quantitative estimate of drug-likeness (QED) is 0.169. The van der Waals surface area contributed by atoms with Gasteiger partial charge in [0, 0.05) is 23.5 Å². The molecule has 0 aliphatic carbocycles. The Morgan fingerprint density at radius 1 is 0.468 bits per heavy atom. The van der Waals surface area contributed by atoms with Crippen molar-refractivity contribution in [2.75, 3.05) is 0 Å². The minimum Gasteiger partial charge on any atom is -0.256 e. The monoisotopic (exact) mass is 604 g/mol. The number of pyridine rings is 2. The molecule has 2 nitrogen and oxygen atoms in total. The number of rotatable bonds is 7. The summed E-state index contributed by atoms with van der Waals surface area (Å²) in [6, 6.07) is 45.9. The molecular weight excluding hydrogens is 569 g/mol. The van der Waals surface area contributed by atoms with E-state index in [4.69, 9.17) is 0 Å². The van der Waals surface area contributed by atoms with E-state index in [2.05, 4.69) is 163 Å². The number of aryl methyl sites for hydroxylation is 2. The summed E-state index contributed by atoms with van der Waals surface area (Å²) >= 11 is 0. The lowest BCUT2D eigenvalue weighted by molar-refractivity contribution is 1.29. The maximum absolute atomic E-state index is 4.63. The third-order valence-electron chi connectivity index (χ3n) is 8.65. The molecule has 0 N–H and O–H groups in total. The first-order valence-corrected chi connectivity index (χ1v) is 16.1. The van der Waals surface area contributed by atoms with Crippen molar-refractivity contribution in [3.8, 4) is 55.9 Å². The van der Waals surface area contributed by atoms with Crippen molar-refractivity contribution in [2.24, 2.45) is 0 Å². The molecule has 0 radical (unpaired) electrons. The van der Waals surface area contributed by atoms with Crippen LogP contribution in [0.3, 0.4) is 0 Å². The number of hydrogen-bond acceptors (Lipinski definition) is 2. The van der Waals surface area contributed by atoms with E-state index in [1.165, 1.54) is 60.8 Å². The lowest BCUT2D eigenvalue weighted by Gasteiger charge is -2.18. The standard InChI is InChI=1S/C45H36N2/c1-4-5-7-12-39-30-41(34-13-15-35(16-14-34)43-27-31(2)23-25-46-43)40-22-21-38(33-10-8-6-9-11-33)29-42(40)45(39)37-19-17-36(18-20-37)44-28-32(3)24-26-47-44/h4-30H,1-3H3/b5-4-,12-7-. The van der Waals surface area contributed by atoms with Crippen molar-refractivity contribution in [3.63, 3.8) is 0 Å². The summed E-state index contributed by atoms with van der Waals surface area (Å²) in [4.78, 5) is 9.24. The Morgan fingerprint density at radius 2 is 1.04 bits per heavy atom. The van der Waals surface area contributed by atoms with Gasteiger partial charge >= 0.3 is 0 Å². The largest absolute Gasteiger partial charge is 0.256 e. The summed E-state index contributed by atoms with van der Waals surface area (Å²) < 4.78 is 0. The van der Waals surface area contributed by atoms with Crippen LogP contribution in [0.1, 0.15) is 23.6 Å². The molecule has 0 bridgehead atoms. The molecule has 0 unspecified atom stereocenters. The molecule has 0 atom stereocenters. The number of benzene rings is 5. The SMILES string of the molecule is C/C=C\C=C/c1cc(-c2ccc(-c3cc(C)ccn3)cc2)c2ccc(-c3ccccc3)cc2c1-c1ccc(-c2cc(C)ccn2)cc1. The van der Waals surface area contributed by atoms with Crippen molar-refractivity contribution in [2.45, 2.75) is 20.8 Å². The van der Waals surface area contributed by atoms with Gasteiger partial charge in [-0.3, -0.25) is 9.97 Å². The highest BCUT2D eigenvalue weighted by atomic mass is 14.7. The van der Waals surface area contributed by atoms with Crippen molar-refractivity contribution in [3.05, 3.63) is 175 Å². The van der Waals surface area contributed by atoms with Gasteiger partial charge in [-0.1, -0.05) is 115 Å². The molecule has 2 heterocycles. The Hall–Kier alpha value is -5.86. The Balaban J connectivity index is 1.44. The molecule has 5 aromatic carbocycles. The normalized spacial score (nSPS) is 11.6. The maximum atomic E-state index is 4.63. The van der Waals surface area contributed by atoms with Crippen molar-refractivity contribution in [1.82, 2.24) is 9.97 Å². The van der Waals surface area contributed by atoms with E-state index in [0.29, 0.717) is 0 Å². The summed E-state index contributed by atoms with van der Waals surface area (Å²) in [5.41, 5.74) is 14.9. The predicted octanol–water partition coefficient (Wildman–Crippen LogP) is 12.2. The third-order valence-corrected chi connectivity index (χ3v) is 8.65. The first-order valence-electron chi connectivity index (χ1n) is 16.1. The minimum absolute atomic E-state index is 0.987. The van der Waals surface area contributed by atoms with Crippen LogP contribution in [0.5, 0.6) is 0 Å². The van der Waals surface area contributed by atoms with Crippen LogP contribution in [0.15, 0.2) is 158 Å². The molecule has 0 fully saturated rings. The summed E-state index contributed by atoms with van der Waals surface area (Å²) in [7, 11) is 0. The van der Waals surface area contributed by atoms with Crippen LogP contribution < -0.4 is 0 Å². The Kier molecular flexibility index (Phi) is 8.41. The highest BCUT2D eigenvalue weighted by Gasteiger charge is 2.16. The second kappa shape index (κ2) is 13.2. The zero-order chi connectivity index (χ0) is 32.2. The lowest BCUT2D eigenvalue weighted by Crippen LogP contribution is -1.93. The molecular formula is C45H36N2. The smallest absolute Gasteiger partial charge is 0.0704 e. The van der Waals surface area contributed by atoms with Crippen LogP contribution >= 0.6 is 0 Å². The zero-order valence-electron chi connectivity index (χ0n) is 27.0. The Morgan fingerprint density at radius 3 is 1.64 bits per heavy atom. The van der Waals surface area contributed by atoms with Gasteiger partial charge in [-0.25, -0.2) is 0 Å². The Labute approximate surface area is 277 Å². The molecule has 0 aliphatic rings. The van der Waals surface area contributed by atoms with Gasteiger partial charge in [0.05, 0.1) is 11.4 Å². The number of fused-ring (bicyclic) bond motifs is 1. The fraction of sp³-hybridized carbons (Fsp3) is 0.0667. The van der Waals surface area contributed by atoms with Crippen molar-refractivity contribution in [1.29, 1.82) is 0 Å². The Bertz CT molecular complexity index is 2240. The van der Waals surface area contributed by atoms with Crippen LogP contribution in [0.25, 0.3) is 72.7 Å². The molecule has 0 saturated heterocycles. The predicted molar refractivity (Wildman–Crippen MR) is 200 cm³/mol. The van der Waals surface area contributed by atoms with Gasteiger partial charge in [0.25, 0.3) is 0 Å². The fourth-order valence-corrected chi connectivity index (χ4v) is 6.24. The van der Waals surface area contributed by atoms with Crippen LogP contribution in [0.4, 0.5) is 0 Å². The first kappa shape index (κ1) is 29.8. The van der Waals surface area contributed by atoms with Crippen LogP contribution in [-0.2, 0) is 0 Å². The van der Waals surface area contributed by atoms with E-state index in [9.17, 15) is 0 Å². The summed E-state index contributed by atoms with van der Waals surface area (Å²) in [6.07, 6.45) is 12.3. The molecule has 0 aliphatic heterocycles. The van der Waals surface area contributed by atoms with E-state index in [0.717, 1.165) is 22.5 Å². The van der Waals surface area contributed by atoms with Gasteiger partial charge in [0.2, 0.25) is 0 Å². The lowest BCUT2D eigenvalue weighted by atomic mass is 9.86. The van der Waals surface area contributed by atoms with Gasteiger partial charge < -0.3 is 0 Å². The number of allylic oxidation sites excluding steroid dienone is 3. The van der Waals surface area contributed by atoms with Crippen LogP contribution in [-0.4, -0.2) is 9.97 Å². The second-order valence-electron chi connectivity index (χ2n) is 12.0. The minimum atomic E-state index is 0.987. The number of nitrogens with zero attached hydrogens (tertiary/aromatic N) is 2.